The van der Waals surface area contributed by atoms with Gasteiger partial charge in [-0.25, -0.2) is 0 Å². The summed E-state index contributed by atoms with van der Waals surface area (Å²) in [6.45, 7) is 27.2. The van der Waals surface area contributed by atoms with E-state index in [1.807, 2.05) is 0 Å². The molecule has 0 bridgehead atoms. The molecule has 0 rings (SSSR count). The zero-order valence-corrected chi connectivity index (χ0v) is 19.2. The molecule has 0 fully saturated rings. The molecule has 0 saturated carbocycles. The lowest BCUT2D eigenvalue weighted by Gasteiger charge is -2.39. The van der Waals surface area contributed by atoms with Gasteiger partial charge in [0.05, 0.1) is 0 Å². The number of carbonyl (C=O) groups excluding carboxylic acids is 1. The first kappa shape index (κ1) is 24.4. The van der Waals surface area contributed by atoms with Crippen LogP contribution >= 0.6 is 0 Å². The highest BCUT2D eigenvalue weighted by Crippen LogP contribution is 2.39. The molecule has 0 aromatic carbocycles. The topological polar surface area (TPSA) is 41.1 Å². The van der Waals surface area contributed by atoms with E-state index in [4.69, 9.17) is 0 Å². The van der Waals surface area contributed by atoms with Crippen molar-refractivity contribution < 1.29 is 4.79 Å². The number of amides is 1. The number of hydrogen-bond donors (Lipinski definition) is 2. The Bertz CT molecular complexity index is 431. The molecule has 0 aliphatic heterocycles. The van der Waals surface area contributed by atoms with Crippen molar-refractivity contribution in [1.29, 1.82) is 0 Å². The minimum atomic E-state index is -0.352. The second kappa shape index (κ2) is 8.41. The van der Waals surface area contributed by atoms with Gasteiger partial charge in [-0.05, 0) is 43.4 Å². The maximum atomic E-state index is 12.8. The molecule has 0 heterocycles. The fourth-order valence-corrected chi connectivity index (χ4v) is 4.07. The van der Waals surface area contributed by atoms with E-state index < -0.39 is 0 Å². The molecule has 0 unspecified atom stereocenters. The molecule has 0 spiro atoms. The van der Waals surface area contributed by atoms with Crippen LogP contribution in [0.5, 0.6) is 0 Å². The highest BCUT2D eigenvalue weighted by Gasteiger charge is 2.37. The second-order valence-electron chi connectivity index (χ2n) is 11.4. The Morgan fingerprint density at radius 2 is 1.32 bits per heavy atom. The summed E-state index contributed by atoms with van der Waals surface area (Å²) in [5.74, 6) is 0.725. The first-order valence-corrected chi connectivity index (χ1v) is 9.96. The zero-order valence-electron chi connectivity index (χ0n) is 19.2. The Balaban J connectivity index is 4.80. The van der Waals surface area contributed by atoms with E-state index in [-0.39, 0.29) is 27.7 Å². The molecule has 150 valence electrons. The first-order chi connectivity index (χ1) is 10.9. The summed E-state index contributed by atoms with van der Waals surface area (Å²) in [6, 6.07) is 0.456. The van der Waals surface area contributed by atoms with Gasteiger partial charge >= 0.3 is 0 Å². The third kappa shape index (κ3) is 9.08. The Hall–Kier alpha value is -0.570. The van der Waals surface area contributed by atoms with Gasteiger partial charge < -0.3 is 10.6 Å². The van der Waals surface area contributed by atoms with E-state index in [1.54, 1.807) is 0 Å². The molecular formula is C22H46N2O. The summed E-state index contributed by atoms with van der Waals surface area (Å²) in [4.78, 5) is 12.8. The van der Waals surface area contributed by atoms with Gasteiger partial charge in [0, 0.05) is 23.5 Å². The second-order valence-corrected chi connectivity index (χ2v) is 11.4. The molecule has 25 heavy (non-hydrogen) atoms. The standard InChI is InChI=1S/C22H46N2O/c1-16(2)20(7,8)14-21(9,10)18(25)23-15-19(5,6)13-22(11,12)24-17(3)4/h16-17,24H,13-15H2,1-12H3,(H,23,25). The van der Waals surface area contributed by atoms with Crippen LogP contribution in [0.3, 0.4) is 0 Å². The average Bonchev–Trinajstić information content (AvgIpc) is 2.31. The van der Waals surface area contributed by atoms with Crippen LogP contribution in [-0.4, -0.2) is 24.0 Å². The Morgan fingerprint density at radius 3 is 1.72 bits per heavy atom. The Morgan fingerprint density at radius 1 is 0.840 bits per heavy atom. The van der Waals surface area contributed by atoms with Crippen LogP contribution in [0.15, 0.2) is 0 Å². The highest BCUT2D eigenvalue weighted by atomic mass is 16.2. The smallest absolute Gasteiger partial charge is 0.225 e. The number of carbonyl (C=O) groups is 1. The van der Waals surface area contributed by atoms with Crippen LogP contribution in [-0.2, 0) is 4.79 Å². The maximum Gasteiger partial charge on any atom is 0.225 e. The molecule has 0 radical (unpaired) electrons. The van der Waals surface area contributed by atoms with E-state index in [9.17, 15) is 4.79 Å². The van der Waals surface area contributed by atoms with E-state index in [1.165, 1.54) is 0 Å². The first-order valence-electron chi connectivity index (χ1n) is 9.96. The van der Waals surface area contributed by atoms with Crippen molar-refractivity contribution in [1.82, 2.24) is 10.6 Å². The maximum absolute atomic E-state index is 12.8. The molecule has 0 saturated heterocycles. The fourth-order valence-electron chi connectivity index (χ4n) is 4.07. The van der Waals surface area contributed by atoms with Crippen molar-refractivity contribution in [3.8, 4) is 0 Å². The molecular weight excluding hydrogens is 308 g/mol. The zero-order chi connectivity index (χ0) is 20.3. The average molecular weight is 355 g/mol. The largest absolute Gasteiger partial charge is 0.355 e. The normalized spacial score (nSPS) is 14.3. The van der Waals surface area contributed by atoms with E-state index in [0.29, 0.717) is 18.5 Å². The fraction of sp³-hybridized carbons (Fsp3) is 0.955. The van der Waals surface area contributed by atoms with Crippen LogP contribution in [0.4, 0.5) is 0 Å². The Labute approximate surface area is 158 Å². The van der Waals surface area contributed by atoms with Crippen LogP contribution < -0.4 is 10.6 Å². The SMILES string of the molecule is CC(C)NC(C)(C)CC(C)(C)CNC(=O)C(C)(C)CC(C)(C)C(C)C. The molecule has 0 aliphatic rings. The van der Waals surface area contributed by atoms with Gasteiger partial charge in [0.1, 0.15) is 0 Å². The summed E-state index contributed by atoms with van der Waals surface area (Å²) in [6.07, 6.45) is 1.90. The van der Waals surface area contributed by atoms with Crippen molar-refractivity contribution >= 4 is 5.91 Å². The number of hydrogen-bond acceptors (Lipinski definition) is 2. The summed E-state index contributed by atoms with van der Waals surface area (Å²) in [5.41, 5.74) is -0.0999. The van der Waals surface area contributed by atoms with Crippen LogP contribution in [0, 0.1) is 22.2 Å². The van der Waals surface area contributed by atoms with Crippen LogP contribution in [0.25, 0.3) is 0 Å². The van der Waals surface area contributed by atoms with Gasteiger partial charge in [-0.3, -0.25) is 4.79 Å². The van der Waals surface area contributed by atoms with Crippen LogP contribution in [0.2, 0.25) is 0 Å². The van der Waals surface area contributed by atoms with E-state index in [2.05, 4.69) is 93.7 Å². The van der Waals surface area contributed by atoms with Crippen molar-refractivity contribution in [2.24, 2.45) is 22.2 Å². The monoisotopic (exact) mass is 354 g/mol. The van der Waals surface area contributed by atoms with Crippen molar-refractivity contribution in [3.05, 3.63) is 0 Å². The number of nitrogens with one attached hydrogen (secondary N) is 2. The lowest BCUT2D eigenvalue weighted by molar-refractivity contribution is -0.131. The molecule has 0 aromatic rings. The summed E-state index contributed by atoms with van der Waals surface area (Å²) in [7, 11) is 0. The van der Waals surface area contributed by atoms with Gasteiger partial charge in [-0.15, -0.1) is 0 Å². The molecule has 2 N–H and O–H groups in total. The van der Waals surface area contributed by atoms with E-state index in [0.717, 1.165) is 12.8 Å². The van der Waals surface area contributed by atoms with Crippen molar-refractivity contribution in [3.63, 3.8) is 0 Å². The predicted octanol–water partition coefficient (Wildman–Crippen LogP) is 5.39. The van der Waals surface area contributed by atoms with Gasteiger partial charge in [0.15, 0.2) is 0 Å². The molecule has 3 heteroatoms. The molecule has 0 atom stereocenters. The summed E-state index contributed by atoms with van der Waals surface area (Å²) < 4.78 is 0. The molecule has 0 aliphatic carbocycles. The van der Waals surface area contributed by atoms with Gasteiger partial charge in [0.25, 0.3) is 0 Å². The van der Waals surface area contributed by atoms with E-state index >= 15 is 0 Å². The predicted molar refractivity (Wildman–Crippen MR) is 111 cm³/mol. The van der Waals surface area contributed by atoms with Gasteiger partial charge in [0.2, 0.25) is 5.91 Å². The van der Waals surface area contributed by atoms with Gasteiger partial charge in [-0.1, -0.05) is 69.2 Å². The molecule has 3 nitrogen and oxygen atoms in total. The third-order valence-electron chi connectivity index (χ3n) is 5.40. The minimum absolute atomic E-state index is 0.0463. The third-order valence-corrected chi connectivity index (χ3v) is 5.40. The minimum Gasteiger partial charge on any atom is -0.355 e. The van der Waals surface area contributed by atoms with Crippen molar-refractivity contribution in [2.75, 3.05) is 6.54 Å². The Kier molecular flexibility index (Phi) is 8.22. The molecule has 0 aromatic heterocycles. The summed E-state index contributed by atoms with van der Waals surface area (Å²) in [5, 5.41) is 6.86. The lowest BCUT2D eigenvalue weighted by Crippen LogP contribution is -2.49. The van der Waals surface area contributed by atoms with Crippen molar-refractivity contribution in [2.45, 2.75) is 108 Å². The molecule has 1 amide bonds. The van der Waals surface area contributed by atoms with Crippen LogP contribution in [0.1, 0.15) is 95.9 Å². The highest BCUT2D eigenvalue weighted by molar-refractivity contribution is 5.81. The summed E-state index contributed by atoms with van der Waals surface area (Å²) >= 11 is 0. The number of rotatable bonds is 10. The quantitative estimate of drug-likeness (QED) is 0.552. The van der Waals surface area contributed by atoms with Gasteiger partial charge in [-0.2, -0.15) is 0 Å². The lowest BCUT2D eigenvalue weighted by atomic mass is 9.69.